The standard InChI is InChI=1S/C18H30N4O2/c1-3-21(13-16-19-18(24-20-16)15-7-6-8-15)17(23)10-9-14(2)22-11-4-5-12-22/h14-15H,3-13H2,1-2H3/t14-/m0/s1. The summed E-state index contributed by atoms with van der Waals surface area (Å²) in [6.45, 7) is 7.75. The molecule has 6 nitrogen and oxygen atoms in total. The van der Waals surface area contributed by atoms with Gasteiger partial charge in [0.25, 0.3) is 0 Å². The summed E-state index contributed by atoms with van der Waals surface area (Å²) in [6, 6.07) is 0.491. The van der Waals surface area contributed by atoms with Crippen LogP contribution < -0.4 is 0 Å². The van der Waals surface area contributed by atoms with Crippen molar-refractivity contribution in [2.75, 3.05) is 19.6 Å². The van der Waals surface area contributed by atoms with E-state index in [0.717, 1.165) is 25.2 Å². The van der Waals surface area contributed by atoms with Gasteiger partial charge in [-0.3, -0.25) is 4.79 Å². The summed E-state index contributed by atoms with van der Waals surface area (Å²) in [4.78, 5) is 21.3. The Kier molecular flexibility index (Phi) is 5.87. The lowest BCUT2D eigenvalue weighted by molar-refractivity contribution is -0.132. The van der Waals surface area contributed by atoms with E-state index in [1.54, 1.807) is 0 Å². The van der Waals surface area contributed by atoms with Crippen molar-refractivity contribution >= 4 is 5.91 Å². The molecule has 1 saturated carbocycles. The Balaban J connectivity index is 1.47. The first-order chi connectivity index (χ1) is 11.7. The van der Waals surface area contributed by atoms with Crippen molar-refractivity contribution in [1.82, 2.24) is 19.9 Å². The molecule has 0 radical (unpaired) electrons. The van der Waals surface area contributed by atoms with E-state index < -0.39 is 0 Å². The van der Waals surface area contributed by atoms with Crippen LogP contribution in [-0.4, -0.2) is 51.5 Å². The van der Waals surface area contributed by atoms with Crippen molar-refractivity contribution in [2.24, 2.45) is 0 Å². The van der Waals surface area contributed by atoms with Gasteiger partial charge in [-0.25, -0.2) is 0 Å². The lowest BCUT2D eigenvalue weighted by Crippen LogP contribution is -2.34. The van der Waals surface area contributed by atoms with E-state index in [1.807, 2.05) is 11.8 Å². The van der Waals surface area contributed by atoms with Gasteiger partial charge in [0.1, 0.15) is 0 Å². The molecule has 0 bridgehead atoms. The Morgan fingerprint density at radius 1 is 1.33 bits per heavy atom. The predicted molar refractivity (Wildman–Crippen MR) is 91.5 cm³/mol. The number of hydrogen-bond donors (Lipinski definition) is 0. The molecule has 2 aliphatic rings. The molecule has 1 aliphatic carbocycles. The number of amides is 1. The van der Waals surface area contributed by atoms with Crippen molar-refractivity contribution in [3.63, 3.8) is 0 Å². The minimum Gasteiger partial charge on any atom is -0.339 e. The third-order valence-corrected chi connectivity index (χ3v) is 5.54. The Labute approximate surface area is 144 Å². The Morgan fingerprint density at radius 3 is 2.71 bits per heavy atom. The monoisotopic (exact) mass is 334 g/mol. The lowest BCUT2D eigenvalue weighted by atomic mass is 9.85. The first kappa shape index (κ1) is 17.4. The first-order valence-corrected chi connectivity index (χ1v) is 9.51. The van der Waals surface area contributed by atoms with E-state index in [2.05, 4.69) is 22.0 Å². The number of carbonyl (C=O) groups excluding carboxylic acids is 1. The van der Waals surface area contributed by atoms with Crippen LogP contribution in [0, 0.1) is 0 Å². The molecule has 1 aliphatic heterocycles. The summed E-state index contributed by atoms with van der Waals surface area (Å²) in [6.07, 6.45) is 7.64. The number of hydrogen-bond acceptors (Lipinski definition) is 5. The van der Waals surface area contributed by atoms with Crippen molar-refractivity contribution in [3.05, 3.63) is 11.7 Å². The molecule has 6 heteroatoms. The lowest BCUT2D eigenvalue weighted by Gasteiger charge is -2.25. The Hall–Kier alpha value is -1.43. The Bertz CT molecular complexity index is 535. The van der Waals surface area contributed by atoms with Crippen LogP contribution >= 0.6 is 0 Å². The zero-order valence-electron chi connectivity index (χ0n) is 15.0. The summed E-state index contributed by atoms with van der Waals surface area (Å²) < 4.78 is 5.35. The molecule has 2 heterocycles. The highest BCUT2D eigenvalue weighted by atomic mass is 16.5. The fourth-order valence-corrected chi connectivity index (χ4v) is 3.56. The highest BCUT2D eigenvalue weighted by molar-refractivity contribution is 5.76. The van der Waals surface area contributed by atoms with Crippen LogP contribution in [-0.2, 0) is 11.3 Å². The maximum atomic E-state index is 12.5. The smallest absolute Gasteiger partial charge is 0.229 e. The number of likely N-dealkylation sites (tertiary alicyclic amines) is 1. The van der Waals surface area contributed by atoms with Gasteiger partial charge >= 0.3 is 0 Å². The fourth-order valence-electron chi connectivity index (χ4n) is 3.56. The van der Waals surface area contributed by atoms with Gasteiger partial charge in [-0.1, -0.05) is 11.6 Å². The van der Waals surface area contributed by atoms with Gasteiger partial charge in [-0.05, 0) is 59.0 Å². The molecule has 0 spiro atoms. The SMILES string of the molecule is CCN(Cc1noc(C2CCC2)n1)C(=O)CC[C@H](C)N1CCCC1. The zero-order chi connectivity index (χ0) is 16.9. The third kappa shape index (κ3) is 4.15. The second-order valence-corrected chi connectivity index (χ2v) is 7.22. The molecule has 1 amide bonds. The van der Waals surface area contributed by atoms with Gasteiger partial charge in [-0.15, -0.1) is 0 Å². The van der Waals surface area contributed by atoms with Gasteiger partial charge in [0, 0.05) is 24.9 Å². The molecular formula is C18H30N4O2. The van der Waals surface area contributed by atoms with E-state index in [9.17, 15) is 4.79 Å². The molecular weight excluding hydrogens is 304 g/mol. The molecule has 1 aromatic heterocycles. The molecule has 1 aromatic rings. The molecule has 0 aromatic carbocycles. The van der Waals surface area contributed by atoms with Crippen molar-refractivity contribution in [2.45, 2.75) is 77.3 Å². The van der Waals surface area contributed by atoms with Crippen LogP contribution in [0.15, 0.2) is 4.52 Å². The molecule has 134 valence electrons. The van der Waals surface area contributed by atoms with Crippen molar-refractivity contribution < 1.29 is 9.32 Å². The maximum Gasteiger partial charge on any atom is 0.229 e. The van der Waals surface area contributed by atoms with Crippen LogP contribution in [0.25, 0.3) is 0 Å². The summed E-state index contributed by atoms with van der Waals surface area (Å²) in [5.74, 6) is 2.03. The van der Waals surface area contributed by atoms with Gasteiger partial charge < -0.3 is 14.3 Å². The minimum atomic E-state index is 0.193. The topological polar surface area (TPSA) is 62.5 Å². The normalized spacial score (nSPS) is 20.1. The third-order valence-electron chi connectivity index (χ3n) is 5.54. The van der Waals surface area contributed by atoms with Crippen LogP contribution in [0.5, 0.6) is 0 Å². The van der Waals surface area contributed by atoms with Crippen LogP contribution in [0.4, 0.5) is 0 Å². The van der Waals surface area contributed by atoms with Gasteiger partial charge in [0.15, 0.2) is 5.82 Å². The van der Waals surface area contributed by atoms with E-state index in [0.29, 0.717) is 37.3 Å². The number of nitrogens with zero attached hydrogens (tertiary/aromatic N) is 4. The summed E-state index contributed by atoms with van der Waals surface area (Å²) in [5, 5.41) is 4.06. The van der Waals surface area contributed by atoms with E-state index >= 15 is 0 Å². The largest absolute Gasteiger partial charge is 0.339 e. The highest BCUT2D eigenvalue weighted by Gasteiger charge is 2.26. The minimum absolute atomic E-state index is 0.193. The highest BCUT2D eigenvalue weighted by Crippen LogP contribution is 2.35. The van der Waals surface area contributed by atoms with E-state index in [-0.39, 0.29) is 5.91 Å². The predicted octanol–water partition coefficient (Wildman–Crippen LogP) is 2.95. The summed E-state index contributed by atoms with van der Waals surface area (Å²) >= 11 is 0. The molecule has 0 N–H and O–H groups in total. The van der Waals surface area contributed by atoms with Gasteiger partial charge in [0.2, 0.25) is 11.8 Å². The van der Waals surface area contributed by atoms with Gasteiger partial charge in [-0.2, -0.15) is 4.98 Å². The summed E-state index contributed by atoms with van der Waals surface area (Å²) in [7, 11) is 0. The summed E-state index contributed by atoms with van der Waals surface area (Å²) in [5.41, 5.74) is 0. The molecule has 2 fully saturated rings. The molecule has 3 rings (SSSR count). The second-order valence-electron chi connectivity index (χ2n) is 7.22. The number of carbonyl (C=O) groups is 1. The van der Waals surface area contributed by atoms with Crippen molar-refractivity contribution in [1.29, 1.82) is 0 Å². The molecule has 1 saturated heterocycles. The average molecular weight is 334 g/mol. The second kappa shape index (κ2) is 8.10. The quantitative estimate of drug-likeness (QED) is 0.731. The maximum absolute atomic E-state index is 12.5. The molecule has 1 atom stereocenters. The van der Waals surface area contributed by atoms with E-state index in [4.69, 9.17) is 4.52 Å². The number of rotatable bonds is 8. The Morgan fingerprint density at radius 2 is 2.08 bits per heavy atom. The first-order valence-electron chi connectivity index (χ1n) is 9.51. The molecule has 24 heavy (non-hydrogen) atoms. The fraction of sp³-hybridized carbons (Fsp3) is 0.833. The van der Waals surface area contributed by atoms with E-state index in [1.165, 1.54) is 32.4 Å². The van der Waals surface area contributed by atoms with Crippen LogP contribution in [0.1, 0.15) is 76.4 Å². The van der Waals surface area contributed by atoms with Crippen LogP contribution in [0.2, 0.25) is 0 Å². The van der Waals surface area contributed by atoms with Crippen LogP contribution in [0.3, 0.4) is 0 Å². The van der Waals surface area contributed by atoms with Gasteiger partial charge in [0.05, 0.1) is 6.54 Å². The molecule has 0 unspecified atom stereocenters. The zero-order valence-corrected chi connectivity index (χ0v) is 15.0. The average Bonchev–Trinajstić information content (AvgIpc) is 3.20. The van der Waals surface area contributed by atoms with Crippen molar-refractivity contribution in [3.8, 4) is 0 Å². The number of aromatic nitrogens is 2.